The lowest BCUT2D eigenvalue weighted by atomic mass is 10.1. The second-order valence-electron chi connectivity index (χ2n) is 6.28. The van der Waals surface area contributed by atoms with Crippen molar-refractivity contribution in [2.45, 2.75) is 12.8 Å². The minimum absolute atomic E-state index is 0.0639. The molecule has 0 radical (unpaired) electrons. The fourth-order valence-corrected chi connectivity index (χ4v) is 4.75. The molecule has 6 heteroatoms. The maximum atomic E-state index is 12.8. The highest BCUT2D eigenvalue weighted by molar-refractivity contribution is 9.10. The van der Waals surface area contributed by atoms with Crippen molar-refractivity contribution in [1.29, 1.82) is 0 Å². The van der Waals surface area contributed by atoms with Crippen LogP contribution in [-0.4, -0.2) is 23.3 Å². The highest BCUT2D eigenvalue weighted by atomic mass is 79.9. The molecule has 0 saturated carbocycles. The summed E-state index contributed by atoms with van der Waals surface area (Å²) < 4.78 is 1.54. The molecule has 4 rings (SSSR count). The summed E-state index contributed by atoms with van der Waals surface area (Å²) in [7, 11) is 0. The summed E-state index contributed by atoms with van der Waals surface area (Å²) in [6.45, 7) is 2.26. The fraction of sp³-hybridized carbons (Fsp3) is 0.200. The van der Waals surface area contributed by atoms with Gasteiger partial charge in [-0.3, -0.25) is 9.69 Å². The highest BCUT2D eigenvalue weighted by Gasteiger charge is 2.33. The lowest BCUT2D eigenvalue weighted by molar-refractivity contribution is -0.113. The van der Waals surface area contributed by atoms with Gasteiger partial charge in [-0.25, -0.2) is 0 Å². The van der Waals surface area contributed by atoms with Crippen molar-refractivity contribution in [2.24, 2.45) is 0 Å². The molecule has 0 unspecified atom stereocenters. The molecule has 0 N–H and O–H groups in total. The lowest BCUT2D eigenvalue weighted by Crippen LogP contribution is -2.27. The molecule has 0 spiro atoms. The third-order valence-electron chi connectivity index (χ3n) is 4.54. The summed E-state index contributed by atoms with van der Waals surface area (Å²) in [5.41, 5.74) is 3.06. The van der Waals surface area contributed by atoms with Gasteiger partial charge in [-0.2, -0.15) is 0 Å². The molecule has 2 aliphatic heterocycles. The Hall–Kier alpha value is -1.63. The number of amides is 1. The van der Waals surface area contributed by atoms with E-state index in [0.717, 1.165) is 28.8 Å². The average Bonchev–Trinajstić information content (AvgIpc) is 3.26. The molecule has 2 saturated heterocycles. The van der Waals surface area contributed by atoms with E-state index in [1.807, 2.05) is 30.3 Å². The Morgan fingerprint density at radius 2 is 1.58 bits per heavy atom. The van der Waals surface area contributed by atoms with E-state index in [1.165, 1.54) is 30.3 Å². The molecule has 2 heterocycles. The summed E-state index contributed by atoms with van der Waals surface area (Å²) in [6, 6.07) is 16.0. The van der Waals surface area contributed by atoms with E-state index in [0.29, 0.717) is 9.23 Å². The molecule has 0 bridgehead atoms. The van der Waals surface area contributed by atoms with E-state index in [2.05, 4.69) is 45.1 Å². The second-order valence-corrected chi connectivity index (χ2v) is 8.87. The van der Waals surface area contributed by atoms with Crippen LogP contribution >= 0.6 is 39.9 Å². The number of anilines is 2. The Kier molecular flexibility index (Phi) is 5.16. The maximum Gasteiger partial charge on any atom is 0.270 e. The van der Waals surface area contributed by atoms with Crippen molar-refractivity contribution >= 4 is 67.6 Å². The van der Waals surface area contributed by atoms with E-state index < -0.39 is 0 Å². The number of nitrogens with zero attached hydrogens (tertiary/aromatic N) is 2. The number of hydrogen-bond donors (Lipinski definition) is 0. The SMILES string of the molecule is O=C1/C(=C\c2ccc(N3CCCC3)cc2)SC(=S)N1c1ccc(Br)cc1. The molecule has 132 valence electrons. The quantitative estimate of drug-likeness (QED) is 0.463. The Morgan fingerprint density at radius 1 is 0.962 bits per heavy atom. The first-order valence-corrected chi connectivity index (χ1v) is 10.5. The van der Waals surface area contributed by atoms with Crippen molar-refractivity contribution in [2.75, 3.05) is 22.9 Å². The molecular formula is C20H17BrN2OS2. The number of carbonyl (C=O) groups is 1. The van der Waals surface area contributed by atoms with Gasteiger partial charge in [-0.1, -0.05) is 52.0 Å². The zero-order valence-electron chi connectivity index (χ0n) is 14.0. The zero-order valence-corrected chi connectivity index (χ0v) is 17.2. The van der Waals surface area contributed by atoms with E-state index in [4.69, 9.17) is 12.2 Å². The molecule has 1 amide bonds. The smallest absolute Gasteiger partial charge is 0.270 e. The monoisotopic (exact) mass is 444 g/mol. The van der Waals surface area contributed by atoms with Crippen molar-refractivity contribution in [3.63, 3.8) is 0 Å². The molecule has 3 nitrogen and oxygen atoms in total. The van der Waals surface area contributed by atoms with Crippen LogP contribution in [0.3, 0.4) is 0 Å². The first-order valence-electron chi connectivity index (χ1n) is 8.50. The van der Waals surface area contributed by atoms with E-state index >= 15 is 0 Å². The molecule has 0 aromatic heterocycles. The van der Waals surface area contributed by atoms with Gasteiger partial charge in [0.15, 0.2) is 4.32 Å². The topological polar surface area (TPSA) is 23.6 Å². The summed E-state index contributed by atoms with van der Waals surface area (Å²) in [5.74, 6) is -0.0639. The standard InChI is InChI=1S/C20H17BrN2OS2/c21-15-5-9-17(10-6-15)23-19(24)18(26-20(23)25)13-14-3-7-16(8-4-14)22-11-1-2-12-22/h3-10,13H,1-2,11-12H2/b18-13+. The zero-order chi connectivity index (χ0) is 18.1. The number of carbonyl (C=O) groups excluding carboxylic acids is 1. The molecule has 2 aromatic carbocycles. The Bertz CT molecular complexity index is 872. The third-order valence-corrected chi connectivity index (χ3v) is 6.37. The van der Waals surface area contributed by atoms with Crippen LogP contribution in [0.25, 0.3) is 6.08 Å². The average molecular weight is 445 g/mol. The van der Waals surface area contributed by atoms with Gasteiger partial charge in [0.05, 0.1) is 10.6 Å². The Morgan fingerprint density at radius 3 is 2.23 bits per heavy atom. The van der Waals surface area contributed by atoms with Crippen LogP contribution in [0.2, 0.25) is 0 Å². The number of halogens is 1. The van der Waals surface area contributed by atoms with Gasteiger partial charge in [0.2, 0.25) is 0 Å². The van der Waals surface area contributed by atoms with Crippen LogP contribution in [-0.2, 0) is 4.79 Å². The molecule has 2 aromatic rings. The third kappa shape index (κ3) is 3.59. The fourth-order valence-electron chi connectivity index (χ4n) is 3.19. The minimum Gasteiger partial charge on any atom is -0.372 e. The van der Waals surface area contributed by atoms with Crippen molar-refractivity contribution in [3.05, 3.63) is 63.5 Å². The van der Waals surface area contributed by atoms with Crippen LogP contribution in [0.5, 0.6) is 0 Å². The van der Waals surface area contributed by atoms with E-state index in [9.17, 15) is 4.79 Å². The van der Waals surface area contributed by atoms with Crippen LogP contribution in [0, 0.1) is 0 Å². The summed E-state index contributed by atoms with van der Waals surface area (Å²) in [4.78, 5) is 17.5. The molecule has 2 fully saturated rings. The molecule has 26 heavy (non-hydrogen) atoms. The Balaban J connectivity index is 1.55. The summed E-state index contributed by atoms with van der Waals surface area (Å²) in [5, 5.41) is 0. The van der Waals surface area contributed by atoms with Gasteiger partial charge in [-0.15, -0.1) is 0 Å². The van der Waals surface area contributed by atoms with Gasteiger partial charge in [0.25, 0.3) is 5.91 Å². The van der Waals surface area contributed by atoms with Gasteiger partial charge < -0.3 is 4.90 Å². The molecular weight excluding hydrogens is 428 g/mol. The molecule has 0 atom stereocenters. The summed E-state index contributed by atoms with van der Waals surface area (Å²) >= 11 is 10.2. The van der Waals surface area contributed by atoms with Crippen LogP contribution in [0.15, 0.2) is 57.9 Å². The minimum atomic E-state index is -0.0639. The van der Waals surface area contributed by atoms with Gasteiger partial charge in [-0.05, 0) is 60.9 Å². The van der Waals surface area contributed by atoms with E-state index in [1.54, 1.807) is 4.90 Å². The largest absolute Gasteiger partial charge is 0.372 e. The number of rotatable bonds is 3. The number of thioether (sulfide) groups is 1. The van der Waals surface area contributed by atoms with Crippen molar-refractivity contribution < 1.29 is 4.79 Å². The van der Waals surface area contributed by atoms with Crippen molar-refractivity contribution in [1.82, 2.24) is 0 Å². The van der Waals surface area contributed by atoms with Crippen LogP contribution in [0.4, 0.5) is 11.4 Å². The van der Waals surface area contributed by atoms with Crippen LogP contribution < -0.4 is 9.80 Å². The van der Waals surface area contributed by atoms with Gasteiger partial charge in [0, 0.05) is 23.2 Å². The first-order chi connectivity index (χ1) is 12.6. The first kappa shape index (κ1) is 17.8. The molecule has 2 aliphatic rings. The number of benzene rings is 2. The number of thiocarbonyl (C=S) groups is 1. The predicted octanol–water partition coefficient (Wildman–Crippen LogP) is 5.46. The van der Waals surface area contributed by atoms with Crippen molar-refractivity contribution in [3.8, 4) is 0 Å². The van der Waals surface area contributed by atoms with Gasteiger partial charge >= 0.3 is 0 Å². The van der Waals surface area contributed by atoms with Crippen LogP contribution in [0.1, 0.15) is 18.4 Å². The Labute approximate surface area is 171 Å². The highest BCUT2D eigenvalue weighted by Crippen LogP contribution is 2.36. The summed E-state index contributed by atoms with van der Waals surface area (Å²) in [6.07, 6.45) is 4.45. The molecule has 0 aliphatic carbocycles. The number of hydrogen-bond acceptors (Lipinski definition) is 4. The predicted molar refractivity (Wildman–Crippen MR) is 118 cm³/mol. The normalized spacial score (nSPS) is 19.0. The lowest BCUT2D eigenvalue weighted by Gasteiger charge is -2.17. The maximum absolute atomic E-state index is 12.8. The van der Waals surface area contributed by atoms with E-state index in [-0.39, 0.29) is 5.91 Å². The van der Waals surface area contributed by atoms with Gasteiger partial charge in [0.1, 0.15) is 0 Å². The second kappa shape index (κ2) is 7.55.